The van der Waals surface area contributed by atoms with E-state index in [4.69, 9.17) is 5.11 Å². The third kappa shape index (κ3) is 5.03. The van der Waals surface area contributed by atoms with Gasteiger partial charge in [-0.05, 0) is 30.4 Å². The minimum absolute atomic E-state index is 0.00386. The van der Waals surface area contributed by atoms with E-state index < -0.39 is 11.9 Å². The molecule has 0 aliphatic rings. The van der Waals surface area contributed by atoms with Crippen LogP contribution in [-0.2, 0) is 16.0 Å². The van der Waals surface area contributed by atoms with Crippen LogP contribution in [0.1, 0.15) is 31.4 Å². The third-order valence-corrected chi connectivity index (χ3v) is 3.52. The summed E-state index contributed by atoms with van der Waals surface area (Å²) in [7, 11) is 0. The van der Waals surface area contributed by atoms with Gasteiger partial charge in [0.2, 0.25) is 5.91 Å². The minimum atomic E-state index is -0.862. The standard InChI is InChI=1S/C16H23NO3/c1-11(2)14(16(19)20)10-17-15(18)9-8-13-7-5-4-6-12(13)3/h4-7,11,14H,8-10H2,1-3H3,(H,17,18)(H,19,20). The van der Waals surface area contributed by atoms with Gasteiger partial charge in [-0.3, -0.25) is 9.59 Å². The molecule has 1 amide bonds. The Hall–Kier alpha value is -1.84. The van der Waals surface area contributed by atoms with Crippen LogP contribution >= 0.6 is 0 Å². The lowest BCUT2D eigenvalue weighted by Crippen LogP contribution is -2.35. The number of carbonyl (C=O) groups is 2. The number of benzene rings is 1. The van der Waals surface area contributed by atoms with Gasteiger partial charge in [-0.1, -0.05) is 38.1 Å². The van der Waals surface area contributed by atoms with Crippen molar-refractivity contribution in [3.63, 3.8) is 0 Å². The molecule has 1 aromatic carbocycles. The van der Waals surface area contributed by atoms with Crippen LogP contribution in [0.4, 0.5) is 0 Å². The number of rotatable bonds is 7. The number of carboxylic acid groups (broad SMARTS) is 1. The Bertz CT molecular complexity index is 469. The molecule has 0 aromatic heterocycles. The Morgan fingerprint density at radius 1 is 1.25 bits per heavy atom. The van der Waals surface area contributed by atoms with E-state index in [1.807, 2.05) is 45.0 Å². The average molecular weight is 277 g/mol. The van der Waals surface area contributed by atoms with Gasteiger partial charge in [-0.25, -0.2) is 0 Å². The topological polar surface area (TPSA) is 66.4 Å². The second kappa shape index (κ2) is 7.68. The molecule has 0 radical (unpaired) electrons. The number of amides is 1. The van der Waals surface area contributed by atoms with E-state index in [1.54, 1.807) is 0 Å². The molecule has 110 valence electrons. The molecule has 1 aromatic rings. The van der Waals surface area contributed by atoms with E-state index in [2.05, 4.69) is 5.32 Å². The normalized spacial score (nSPS) is 12.2. The maximum Gasteiger partial charge on any atom is 0.308 e. The van der Waals surface area contributed by atoms with Gasteiger partial charge < -0.3 is 10.4 Å². The molecule has 0 saturated carbocycles. The van der Waals surface area contributed by atoms with Gasteiger partial charge in [0.05, 0.1) is 5.92 Å². The zero-order chi connectivity index (χ0) is 15.1. The highest BCUT2D eigenvalue weighted by Crippen LogP contribution is 2.11. The first-order chi connectivity index (χ1) is 9.41. The third-order valence-electron chi connectivity index (χ3n) is 3.52. The van der Waals surface area contributed by atoms with Crippen LogP contribution in [0, 0.1) is 18.8 Å². The molecule has 1 atom stereocenters. The van der Waals surface area contributed by atoms with Crippen molar-refractivity contribution in [1.29, 1.82) is 0 Å². The second-order valence-electron chi connectivity index (χ2n) is 5.42. The Kier molecular flexibility index (Phi) is 6.22. The molecule has 0 heterocycles. The van der Waals surface area contributed by atoms with Crippen LogP contribution in [0.25, 0.3) is 0 Å². The predicted molar refractivity (Wildman–Crippen MR) is 78.5 cm³/mol. The molecule has 0 saturated heterocycles. The molecule has 1 unspecified atom stereocenters. The summed E-state index contributed by atoms with van der Waals surface area (Å²) in [5.41, 5.74) is 2.33. The first-order valence-electron chi connectivity index (χ1n) is 6.95. The monoisotopic (exact) mass is 277 g/mol. The molecule has 0 spiro atoms. The Morgan fingerprint density at radius 2 is 1.90 bits per heavy atom. The highest BCUT2D eigenvalue weighted by Gasteiger charge is 2.21. The predicted octanol–water partition coefficient (Wildman–Crippen LogP) is 2.40. The average Bonchev–Trinajstić information content (AvgIpc) is 2.37. The molecule has 4 heteroatoms. The van der Waals surface area contributed by atoms with Crippen LogP contribution in [0.2, 0.25) is 0 Å². The van der Waals surface area contributed by atoms with Gasteiger partial charge in [0.25, 0.3) is 0 Å². The molecule has 0 aliphatic heterocycles. The fraction of sp³-hybridized carbons (Fsp3) is 0.500. The van der Waals surface area contributed by atoms with Gasteiger partial charge in [0.1, 0.15) is 0 Å². The van der Waals surface area contributed by atoms with Gasteiger partial charge >= 0.3 is 5.97 Å². The lowest BCUT2D eigenvalue weighted by atomic mass is 9.96. The maximum atomic E-state index is 11.8. The fourth-order valence-electron chi connectivity index (χ4n) is 2.06. The molecule has 4 nitrogen and oxygen atoms in total. The summed E-state index contributed by atoms with van der Waals surface area (Å²) in [5, 5.41) is 11.8. The highest BCUT2D eigenvalue weighted by atomic mass is 16.4. The molecular formula is C16H23NO3. The molecule has 0 fully saturated rings. The number of carbonyl (C=O) groups excluding carboxylic acids is 1. The molecule has 0 aliphatic carbocycles. The van der Waals surface area contributed by atoms with E-state index in [-0.39, 0.29) is 18.4 Å². The number of carboxylic acids is 1. The first kappa shape index (κ1) is 16.2. The Labute approximate surface area is 120 Å². The molecule has 1 rings (SSSR count). The van der Waals surface area contributed by atoms with Gasteiger partial charge in [0, 0.05) is 13.0 Å². The van der Waals surface area contributed by atoms with E-state index in [0.29, 0.717) is 12.8 Å². The largest absolute Gasteiger partial charge is 0.481 e. The maximum absolute atomic E-state index is 11.8. The summed E-state index contributed by atoms with van der Waals surface area (Å²) >= 11 is 0. The summed E-state index contributed by atoms with van der Waals surface area (Å²) in [5.74, 6) is -1.49. The van der Waals surface area contributed by atoms with Crippen molar-refractivity contribution in [3.05, 3.63) is 35.4 Å². The Balaban J connectivity index is 2.41. The molecule has 0 bridgehead atoms. The second-order valence-corrected chi connectivity index (χ2v) is 5.42. The van der Waals surface area contributed by atoms with Crippen LogP contribution in [0.15, 0.2) is 24.3 Å². The van der Waals surface area contributed by atoms with Gasteiger partial charge in [-0.15, -0.1) is 0 Å². The highest BCUT2D eigenvalue weighted by molar-refractivity contribution is 5.77. The van der Waals surface area contributed by atoms with E-state index in [0.717, 1.165) is 5.56 Å². The Morgan fingerprint density at radius 3 is 2.45 bits per heavy atom. The van der Waals surface area contributed by atoms with Crippen molar-refractivity contribution in [3.8, 4) is 0 Å². The van der Waals surface area contributed by atoms with E-state index in [1.165, 1.54) is 5.56 Å². The van der Waals surface area contributed by atoms with Crippen LogP contribution < -0.4 is 5.32 Å². The summed E-state index contributed by atoms with van der Waals surface area (Å²) in [6.07, 6.45) is 1.06. The SMILES string of the molecule is Cc1ccccc1CCC(=O)NCC(C(=O)O)C(C)C. The lowest BCUT2D eigenvalue weighted by Gasteiger charge is -2.16. The summed E-state index contributed by atoms with van der Waals surface area (Å²) in [4.78, 5) is 22.8. The smallest absolute Gasteiger partial charge is 0.308 e. The zero-order valence-electron chi connectivity index (χ0n) is 12.3. The van der Waals surface area contributed by atoms with Gasteiger partial charge in [-0.2, -0.15) is 0 Å². The van der Waals surface area contributed by atoms with Crippen molar-refractivity contribution in [1.82, 2.24) is 5.32 Å². The first-order valence-corrected chi connectivity index (χ1v) is 6.95. The fourth-order valence-corrected chi connectivity index (χ4v) is 2.06. The zero-order valence-corrected chi connectivity index (χ0v) is 12.3. The lowest BCUT2D eigenvalue weighted by molar-refractivity contribution is -0.143. The minimum Gasteiger partial charge on any atom is -0.481 e. The number of hydrogen-bond acceptors (Lipinski definition) is 2. The van der Waals surface area contributed by atoms with Crippen LogP contribution in [0.3, 0.4) is 0 Å². The van der Waals surface area contributed by atoms with E-state index >= 15 is 0 Å². The van der Waals surface area contributed by atoms with Crippen molar-refractivity contribution < 1.29 is 14.7 Å². The van der Waals surface area contributed by atoms with E-state index in [9.17, 15) is 9.59 Å². The molecule has 20 heavy (non-hydrogen) atoms. The van der Waals surface area contributed by atoms with Crippen LogP contribution in [-0.4, -0.2) is 23.5 Å². The van der Waals surface area contributed by atoms with Crippen molar-refractivity contribution >= 4 is 11.9 Å². The summed E-state index contributed by atoms with van der Waals surface area (Å²) in [6, 6.07) is 7.96. The van der Waals surface area contributed by atoms with Crippen molar-refractivity contribution in [2.24, 2.45) is 11.8 Å². The van der Waals surface area contributed by atoms with Crippen LogP contribution in [0.5, 0.6) is 0 Å². The summed E-state index contributed by atoms with van der Waals surface area (Å²) in [6.45, 7) is 5.91. The van der Waals surface area contributed by atoms with Gasteiger partial charge in [0.15, 0.2) is 0 Å². The number of hydrogen-bond donors (Lipinski definition) is 2. The molecular weight excluding hydrogens is 254 g/mol. The number of aliphatic carboxylic acids is 1. The number of nitrogens with one attached hydrogen (secondary N) is 1. The van der Waals surface area contributed by atoms with Crippen molar-refractivity contribution in [2.75, 3.05) is 6.54 Å². The number of aryl methyl sites for hydroxylation is 2. The quantitative estimate of drug-likeness (QED) is 0.804. The van der Waals surface area contributed by atoms with Crippen molar-refractivity contribution in [2.45, 2.75) is 33.6 Å². The molecule has 2 N–H and O–H groups in total. The summed E-state index contributed by atoms with van der Waals surface area (Å²) < 4.78 is 0.